The predicted octanol–water partition coefficient (Wildman–Crippen LogP) is 4.97. The van der Waals surface area contributed by atoms with Gasteiger partial charge in [-0.15, -0.1) is 10.2 Å². The highest BCUT2D eigenvalue weighted by Gasteiger charge is 2.17. The summed E-state index contributed by atoms with van der Waals surface area (Å²) in [5.41, 5.74) is 3.57. The van der Waals surface area contributed by atoms with Gasteiger partial charge in [-0.05, 0) is 43.2 Å². The van der Waals surface area contributed by atoms with Gasteiger partial charge in [0.25, 0.3) is 5.91 Å². The number of aromatic amines is 1. The average molecular weight is 433 g/mol. The molecule has 5 rings (SSSR count). The van der Waals surface area contributed by atoms with E-state index in [4.69, 9.17) is 11.6 Å². The molecule has 0 saturated heterocycles. The van der Waals surface area contributed by atoms with E-state index in [9.17, 15) is 4.79 Å². The third-order valence-electron chi connectivity index (χ3n) is 5.45. The maximum Gasteiger partial charge on any atom is 0.273 e. The molecule has 0 bridgehead atoms. The Labute approximate surface area is 184 Å². The molecular weight excluding hydrogens is 412 g/mol. The number of aryl methyl sites for hydroxylation is 1. The number of fused-ring (bicyclic) bond motifs is 1. The van der Waals surface area contributed by atoms with E-state index in [0.29, 0.717) is 22.1 Å². The number of rotatable bonds is 4. The highest BCUT2D eigenvalue weighted by Crippen LogP contribution is 2.25. The molecule has 4 aromatic rings. The summed E-state index contributed by atoms with van der Waals surface area (Å²) < 4.78 is 2.20. The lowest BCUT2D eigenvalue weighted by molar-refractivity contribution is 0.102. The van der Waals surface area contributed by atoms with Crippen molar-refractivity contribution in [2.75, 3.05) is 5.32 Å². The highest BCUT2D eigenvalue weighted by molar-refractivity contribution is 6.30. The van der Waals surface area contributed by atoms with Crippen molar-refractivity contribution in [2.24, 2.45) is 0 Å². The fraction of sp³-hybridized carbons (Fsp3) is 0.217. The molecule has 0 aliphatic carbocycles. The van der Waals surface area contributed by atoms with Crippen LogP contribution in [0, 0.1) is 0 Å². The van der Waals surface area contributed by atoms with Crippen LogP contribution < -0.4 is 5.32 Å². The Bertz CT molecular complexity index is 1230. The lowest BCUT2D eigenvalue weighted by Gasteiger charge is -2.09. The predicted molar refractivity (Wildman–Crippen MR) is 120 cm³/mol. The quantitative estimate of drug-likeness (QED) is 0.476. The molecule has 0 unspecified atom stereocenters. The van der Waals surface area contributed by atoms with Gasteiger partial charge in [0.15, 0.2) is 5.82 Å². The van der Waals surface area contributed by atoms with Crippen molar-refractivity contribution in [2.45, 2.75) is 32.2 Å². The number of H-pyrrole nitrogens is 1. The van der Waals surface area contributed by atoms with Crippen molar-refractivity contribution >= 4 is 23.2 Å². The Hall–Kier alpha value is -3.45. The van der Waals surface area contributed by atoms with Gasteiger partial charge in [0, 0.05) is 34.8 Å². The van der Waals surface area contributed by atoms with Crippen LogP contribution in [0.4, 0.5) is 5.69 Å². The molecule has 1 aliphatic heterocycles. The minimum atomic E-state index is -0.259. The monoisotopic (exact) mass is 432 g/mol. The second-order valence-corrected chi connectivity index (χ2v) is 8.05. The summed E-state index contributed by atoms with van der Waals surface area (Å²) in [5.74, 6) is 1.62. The van der Waals surface area contributed by atoms with E-state index in [0.717, 1.165) is 48.6 Å². The van der Waals surface area contributed by atoms with Gasteiger partial charge in [0.1, 0.15) is 11.5 Å². The Morgan fingerprint density at radius 1 is 1.00 bits per heavy atom. The van der Waals surface area contributed by atoms with E-state index < -0.39 is 0 Å². The van der Waals surface area contributed by atoms with Crippen molar-refractivity contribution in [3.05, 3.63) is 71.1 Å². The van der Waals surface area contributed by atoms with Crippen molar-refractivity contribution in [1.82, 2.24) is 25.0 Å². The van der Waals surface area contributed by atoms with Gasteiger partial charge < -0.3 is 9.88 Å². The smallest absolute Gasteiger partial charge is 0.273 e. The maximum absolute atomic E-state index is 12.8. The molecule has 3 heterocycles. The third kappa shape index (κ3) is 4.09. The van der Waals surface area contributed by atoms with Crippen LogP contribution in [0.1, 0.15) is 35.6 Å². The first-order chi connectivity index (χ1) is 15.2. The topological polar surface area (TPSA) is 88.5 Å². The summed E-state index contributed by atoms with van der Waals surface area (Å²) in [6.07, 6.45) is 4.45. The minimum absolute atomic E-state index is 0.259. The second kappa shape index (κ2) is 8.35. The minimum Gasteiger partial charge on any atom is -0.321 e. The fourth-order valence-corrected chi connectivity index (χ4v) is 3.97. The first kappa shape index (κ1) is 19.5. The van der Waals surface area contributed by atoms with Crippen LogP contribution in [-0.4, -0.2) is 30.9 Å². The van der Waals surface area contributed by atoms with Gasteiger partial charge in [0.05, 0.1) is 5.69 Å². The number of carbonyl (C=O) groups is 1. The molecule has 8 heteroatoms. The molecule has 1 aliphatic rings. The molecule has 2 N–H and O–H groups in total. The number of nitrogens with one attached hydrogen (secondary N) is 2. The lowest BCUT2D eigenvalue weighted by Crippen LogP contribution is -2.12. The van der Waals surface area contributed by atoms with Crippen molar-refractivity contribution in [3.8, 4) is 22.6 Å². The maximum atomic E-state index is 12.8. The van der Waals surface area contributed by atoms with Crippen LogP contribution >= 0.6 is 11.6 Å². The second-order valence-electron chi connectivity index (χ2n) is 7.61. The average Bonchev–Trinajstić information content (AvgIpc) is 3.37. The van der Waals surface area contributed by atoms with Crippen LogP contribution in [0.15, 0.2) is 54.6 Å². The van der Waals surface area contributed by atoms with Crippen LogP contribution in [0.2, 0.25) is 5.02 Å². The summed E-state index contributed by atoms with van der Waals surface area (Å²) in [5, 5.41) is 19.4. The van der Waals surface area contributed by atoms with E-state index in [2.05, 4.69) is 30.3 Å². The van der Waals surface area contributed by atoms with Gasteiger partial charge >= 0.3 is 0 Å². The highest BCUT2D eigenvalue weighted by atomic mass is 35.5. The standard InChI is InChI=1S/C23H21ClN6O/c24-17-10-8-15(9-11-17)19-14-20(27-26-19)23(31)25-18-6-4-5-16(13-18)22-29-28-21-7-2-1-3-12-30(21)22/h4-6,8-11,13-14H,1-3,7,12H2,(H,25,31)(H,26,27). The number of nitrogens with zero attached hydrogens (tertiary/aromatic N) is 4. The molecular formula is C23H21ClN6O. The number of anilines is 1. The zero-order valence-corrected chi connectivity index (χ0v) is 17.6. The van der Waals surface area contributed by atoms with Crippen molar-refractivity contribution in [1.29, 1.82) is 0 Å². The normalized spacial score (nSPS) is 13.5. The zero-order valence-electron chi connectivity index (χ0n) is 16.8. The van der Waals surface area contributed by atoms with Crippen molar-refractivity contribution < 1.29 is 4.79 Å². The Morgan fingerprint density at radius 2 is 1.87 bits per heavy atom. The van der Waals surface area contributed by atoms with E-state index in [1.54, 1.807) is 18.2 Å². The molecule has 2 aromatic heterocycles. The SMILES string of the molecule is O=C(Nc1cccc(-c2nnc3n2CCCCC3)c1)c1cc(-c2ccc(Cl)cc2)n[nH]1. The van der Waals surface area contributed by atoms with Gasteiger partial charge in [-0.3, -0.25) is 9.89 Å². The molecule has 0 saturated carbocycles. The molecule has 7 nitrogen and oxygen atoms in total. The van der Waals surface area contributed by atoms with Crippen LogP contribution in [0.25, 0.3) is 22.6 Å². The first-order valence-corrected chi connectivity index (χ1v) is 10.7. The van der Waals surface area contributed by atoms with Gasteiger partial charge in [-0.25, -0.2) is 0 Å². The molecule has 0 fully saturated rings. The number of carbonyl (C=O) groups excluding carboxylic acids is 1. The zero-order chi connectivity index (χ0) is 21.2. The lowest BCUT2D eigenvalue weighted by atomic mass is 10.1. The third-order valence-corrected chi connectivity index (χ3v) is 5.70. The Kier molecular flexibility index (Phi) is 5.26. The van der Waals surface area contributed by atoms with E-state index >= 15 is 0 Å². The summed E-state index contributed by atoms with van der Waals surface area (Å²) in [7, 11) is 0. The Balaban J connectivity index is 1.35. The van der Waals surface area contributed by atoms with Gasteiger partial charge in [-0.1, -0.05) is 42.3 Å². The van der Waals surface area contributed by atoms with E-state index in [1.165, 1.54) is 6.42 Å². The number of hydrogen-bond acceptors (Lipinski definition) is 4. The number of halogens is 1. The number of benzene rings is 2. The fourth-order valence-electron chi connectivity index (χ4n) is 3.84. The molecule has 0 spiro atoms. The first-order valence-electron chi connectivity index (χ1n) is 10.3. The van der Waals surface area contributed by atoms with Gasteiger partial charge in [0.2, 0.25) is 0 Å². The Morgan fingerprint density at radius 3 is 2.74 bits per heavy atom. The summed E-state index contributed by atoms with van der Waals surface area (Å²) in [6.45, 7) is 0.926. The molecule has 156 valence electrons. The van der Waals surface area contributed by atoms with Gasteiger partial charge in [-0.2, -0.15) is 5.10 Å². The van der Waals surface area contributed by atoms with E-state index in [1.807, 2.05) is 36.4 Å². The molecule has 2 aromatic carbocycles. The largest absolute Gasteiger partial charge is 0.321 e. The molecule has 0 radical (unpaired) electrons. The number of amides is 1. The van der Waals surface area contributed by atoms with Crippen molar-refractivity contribution in [3.63, 3.8) is 0 Å². The van der Waals surface area contributed by atoms with E-state index in [-0.39, 0.29) is 5.91 Å². The molecule has 1 amide bonds. The van der Waals surface area contributed by atoms with Crippen LogP contribution in [-0.2, 0) is 13.0 Å². The molecule has 31 heavy (non-hydrogen) atoms. The summed E-state index contributed by atoms with van der Waals surface area (Å²) in [4.78, 5) is 12.8. The summed E-state index contributed by atoms with van der Waals surface area (Å²) in [6, 6.07) is 16.7. The molecule has 0 atom stereocenters. The van der Waals surface area contributed by atoms with Crippen LogP contribution in [0.3, 0.4) is 0 Å². The number of hydrogen-bond donors (Lipinski definition) is 2. The van der Waals surface area contributed by atoms with Crippen LogP contribution in [0.5, 0.6) is 0 Å². The number of aromatic nitrogens is 5. The summed E-state index contributed by atoms with van der Waals surface area (Å²) >= 11 is 5.94.